The summed E-state index contributed by atoms with van der Waals surface area (Å²) in [5.74, 6) is 2.18. The van der Waals surface area contributed by atoms with Crippen LogP contribution in [0.1, 0.15) is 53.8 Å². The first-order valence-electron chi connectivity index (χ1n) is 9.40. The molecule has 2 aromatic heterocycles. The molecule has 2 aliphatic rings. The Morgan fingerprint density at radius 3 is 2.92 bits per heavy atom. The van der Waals surface area contributed by atoms with Crippen LogP contribution < -0.4 is 0 Å². The van der Waals surface area contributed by atoms with Crippen LogP contribution in [-0.2, 0) is 11.2 Å². The van der Waals surface area contributed by atoms with Crippen LogP contribution in [0.5, 0.6) is 0 Å². The maximum absolute atomic E-state index is 12.6. The van der Waals surface area contributed by atoms with Crippen molar-refractivity contribution >= 4 is 5.91 Å². The lowest BCUT2D eigenvalue weighted by atomic mass is 9.94. The van der Waals surface area contributed by atoms with Crippen molar-refractivity contribution in [1.29, 1.82) is 0 Å². The normalized spacial score (nSPS) is 21.7. The Hall–Kier alpha value is -2.28. The molecule has 0 N–H and O–H groups in total. The second-order valence-corrected chi connectivity index (χ2v) is 7.11. The zero-order valence-corrected chi connectivity index (χ0v) is 14.8. The van der Waals surface area contributed by atoms with Crippen molar-refractivity contribution in [3.63, 3.8) is 0 Å². The average molecular weight is 356 g/mol. The van der Waals surface area contributed by atoms with E-state index in [1.54, 1.807) is 12.3 Å². The van der Waals surface area contributed by atoms with E-state index in [9.17, 15) is 4.79 Å². The van der Waals surface area contributed by atoms with Crippen molar-refractivity contribution in [3.8, 4) is 0 Å². The molecule has 7 nitrogen and oxygen atoms in total. The third-order valence-electron chi connectivity index (χ3n) is 5.22. The van der Waals surface area contributed by atoms with Gasteiger partial charge in [0.2, 0.25) is 5.89 Å². The van der Waals surface area contributed by atoms with Crippen LogP contribution in [0.25, 0.3) is 0 Å². The summed E-state index contributed by atoms with van der Waals surface area (Å²) in [5.41, 5.74) is 0.507. The molecule has 1 atom stereocenters. The number of rotatable bonds is 4. The Labute approximate surface area is 152 Å². The van der Waals surface area contributed by atoms with Gasteiger partial charge in [0.05, 0.1) is 0 Å². The first kappa shape index (κ1) is 17.1. The molecule has 7 heteroatoms. The molecule has 26 heavy (non-hydrogen) atoms. The summed E-state index contributed by atoms with van der Waals surface area (Å²) in [7, 11) is 0. The van der Waals surface area contributed by atoms with Crippen molar-refractivity contribution in [3.05, 3.63) is 41.8 Å². The van der Waals surface area contributed by atoms with Gasteiger partial charge in [0.25, 0.3) is 5.91 Å². The molecule has 1 unspecified atom stereocenters. The van der Waals surface area contributed by atoms with Crippen LogP contribution in [0.3, 0.4) is 0 Å². The summed E-state index contributed by atoms with van der Waals surface area (Å²) in [6.45, 7) is 3.02. The number of piperidine rings is 1. The molecule has 4 heterocycles. The maximum Gasteiger partial charge on any atom is 0.272 e. The Balaban J connectivity index is 1.36. The lowest BCUT2D eigenvalue weighted by Crippen LogP contribution is -2.40. The van der Waals surface area contributed by atoms with Gasteiger partial charge in [-0.05, 0) is 43.7 Å². The highest BCUT2D eigenvalue weighted by molar-refractivity contribution is 5.92. The summed E-state index contributed by atoms with van der Waals surface area (Å²) in [6.07, 6.45) is 6.35. The number of amides is 1. The van der Waals surface area contributed by atoms with E-state index in [1.807, 2.05) is 17.0 Å². The van der Waals surface area contributed by atoms with Gasteiger partial charge in [-0.25, -0.2) is 0 Å². The van der Waals surface area contributed by atoms with E-state index in [1.165, 1.54) is 0 Å². The monoisotopic (exact) mass is 356 g/mol. The van der Waals surface area contributed by atoms with Crippen LogP contribution in [0.2, 0.25) is 0 Å². The molecule has 0 bridgehead atoms. The molecule has 0 spiro atoms. The summed E-state index contributed by atoms with van der Waals surface area (Å²) in [4.78, 5) is 23.3. The zero-order valence-electron chi connectivity index (χ0n) is 14.8. The Morgan fingerprint density at radius 2 is 2.12 bits per heavy atom. The Kier molecular flexibility index (Phi) is 5.24. The minimum atomic E-state index is 0.00345. The maximum atomic E-state index is 12.6. The van der Waals surface area contributed by atoms with Crippen LogP contribution in [0.15, 0.2) is 28.9 Å². The van der Waals surface area contributed by atoms with E-state index < -0.39 is 0 Å². The predicted molar refractivity (Wildman–Crippen MR) is 93.7 cm³/mol. The van der Waals surface area contributed by atoms with E-state index in [0.29, 0.717) is 30.0 Å². The van der Waals surface area contributed by atoms with E-state index in [4.69, 9.17) is 9.26 Å². The minimum absolute atomic E-state index is 0.00345. The fraction of sp³-hybridized carbons (Fsp3) is 0.579. The quantitative estimate of drug-likeness (QED) is 0.837. The fourth-order valence-corrected chi connectivity index (χ4v) is 3.79. The van der Waals surface area contributed by atoms with Gasteiger partial charge in [-0.1, -0.05) is 11.2 Å². The molecule has 0 radical (unpaired) electrons. The SMILES string of the molecule is O=C(c1ccccn1)N1CCCC(Cc2nc(C3CCOCC3)no2)C1. The lowest BCUT2D eigenvalue weighted by molar-refractivity contribution is 0.0662. The first-order chi connectivity index (χ1) is 12.8. The Bertz CT molecular complexity index is 727. The highest BCUT2D eigenvalue weighted by atomic mass is 16.5. The van der Waals surface area contributed by atoms with Crippen molar-refractivity contribution in [1.82, 2.24) is 20.0 Å². The number of carbonyl (C=O) groups excluding carboxylic acids is 1. The van der Waals surface area contributed by atoms with E-state index in [-0.39, 0.29) is 5.91 Å². The zero-order chi connectivity index (χ0) is 17.8. The van der Waals surface area contributed by atoms with Gasteiger partial charge >= 0.3 is 0 Å². The van der Waals surface area contributed by atoms with E-state index >= 15 is 0 Å². The van der Waals surface area contributed by atoms with Gasteiger partial charge in [-0.15, -0.1) is 0 Å². The highest BCUT2D eigenvalue weighted by Crippen LogP contribution is 2.26. The fourth-order valence-electron chi connectivity index (χ4n) is 3.79. The minimum Gasteiger partial charge on any atom is -0.381 e. The summed E-state index contributed by atoms with van der Waals surface area (Å²) in [5, 5.41) is 4.17. The number of carbonyl (C=O) groups is 1. The first-order valence-corrected chi connectivity index (χ1v) is 9.40. The van der Waals surface area contributed by atoms with Crippen molar-refractivity contribution in [2.45, 2.75) is 38.0 Å². The van der Waals surface area contributed by atoms with Crippen molar-refractivity contribution < 1.29 is 14.1 Å². The second kappa shape index (κ2) is 7.95. The number of aromatic nitrogens is 3. The molecule has 138 valence electrons. The third kappa shape index (κ3) is 3.93. The van der Waals surface area contributed by atoms with Crippen LogP contribution in [0, 0.1) is 5.92 Å². The smallest absolute Gasteiger partial charge is 0.272 e. The van der Waals surface area contributed by atoms with Gasteiger partial charge in [-0.2, -0.15) is 4.98 Å². The van der Waals surface area contributed by atoms with E-state index in [2.05, 4.69) is 15.1 Å². The van der Waals surface area contributed by atoms with Crippen LogP contribution >= 0.6 is 0 Å². The molecule has 0 aromatic carbocycles. The molecule has 2 aromatic rings. The molecular formula is C19H24N4O3. The average Bonchev–Trinajstić information content (AvgIpc) is 3.17. The molecule has 2 aliphatic heterocycles. The molecule has 0 saturated carbocycles. The van der Waals surface area contributed by atoms with Gasteiger partial charge in [0, 0.05) is 44.8 Å². The molecule has 2 fully saturated rings. The van der Waals surface area contributed by atoms with Gasteiger partial charge in [-0.3, -0.25) is 9.78 Å². The molecule has 1 amide bonds. The van der Waals surface area contributed by atoms with Crippen LogP contribution in [0.4, 0.5) is 0 Å². The third-order valence-corrected chi connectivity index (χ3v) is 5.22. The summed E-state index contributed by atoms with van der Waals surface area (Å²) >= 11 is 0. The van der Waals surface area contributed by atoms with E-state index in [0.717, 1.165) is 57.7 Å². The predicted octanol–water partition coefficient (Wildman–Crippen LogP) is 2.45. The van der Waals surface area contributed by atoms with Gasteiger partial charge < -0.3 is 14.2 Å². The molecule has 2 saturated heterocycles. The van der Waals surface area contributed by atoms with Crippen molar-refractivity contribution in [2.75, 3.05) is 26.3 Å². The van der Waals surface area contributed by atoms with Gasteiger partial charge in [0.15, 0.2) is 5.82 Å². The second-order valence-electron chi connectivity index (χ2n) is 7.11. The van der Waals surface area contributed by atoms with Crippen LogP contribution in [-0.4, -0.2) is 52.2 Å². The van der Waals surface area contributed by atoms with Gasteiger partial charge in [0.1, 0.15) is 5.69 Å². The summed E-state index contributed by atoms with van der Waals surface area (Å²) < 4.78 is 10.9. The Morgan fingerprint density at radius 1 is 1.23 bits per heavy atom. The van der Waals surface area contributed by atoms with Crippen molar-refractivity contribution in [2.24, 2.45) is 5.92 Å². The number of pyridine rings is 1. The number of likely N-dealkylation sites (tertiary alicyclic amines) is 1. The topological polar surface area (TPSA) is 81.4 Å². The lowest BCUT2D eigenvalue weighted by Gasteiger charge is -2.32. The highest BCUT2D eigenvalue weighted by Gasteiger charge is 2.27. The number of hydrogen-bond acceptors (Lipinski definition) is 6. The number of ether oxygens (including phenoxy) is 1. The summed E-state index contributed by atoms with van der Waals surface area (Å²) in [6, 6.07) is 5.43. The largest absolute Gasteiger partial charge is 0.381 e. The molecular weight excluding hydrogens is 332 g/mol. The number of hydrogen-bond donors (Lipinski definition) is 0. The standard InChI is InChI=1S/C19H24N4O3/c24-19(16-5-1-2-8-20-16)23-9-3-4-14(13-23)12-17-21-18(22-26-17)15-6-10-25-11-7-15/h1-2,5,8,14-15H,3-4,6-7,9-13H2. The molecule has 0 aliphatic carbocycles. The number of nitrogens with zero attached hydrogens (tertiary/aromatic N) is 4. The molecule has 4 rings (SSSR count).